The number of hydrogen-bond acceptors (Lipinski definition) is 0. The van der Waals surface area contributed by atoms with Crippen LogP contribution < -0.4 is 0 Å². The minimum atomic E-state index is 1.25. The maximum Gasteiger partial charge on any atom is -0.0116 e. The lowest BCUT2D eigenvalue weighted by Crippen LogP contribution is -2.05. The van der Waals surface area contributed by atoms with E-state index in [9.17, 15) is 0 Å². The zero-order valence-electron chi connectivity index (χ0n) is 12.3. The molecule has 0 saturated carbocycles. The molecule has 3 aromatic rings. The third kappa shape index (κ3) is 1.61. The van der Waals surface area contributed by atoms with Crippen molar-refractivity contribution in [3.63, 3.8) is 0 Å². The standard InChI is InChI=1S/C20H20/c1-13-11-15-7-4-6-10-18(15)19-12-16-8-3-5-9-17(16)14(2)20(13)19/h3,5,8-9,11-12H,4,6-7,10H2,1-2H3. The molecule has 0 heterocycles. The van der Waals surface area contributed by atoms with Gasteiger partial charge in [-0.2, -0.15) is 0 Å². The van der Waals surface area contributed by atoms with E-state index in [2.05, 4.69) is 50.2 Å². The van der Waals surface area contributed by atoms with Gasteiger partial charge in [0.2, 0.25) is 0 Å². The van der Waals surface area contributed by atoms with E-state index in [0.717, 1.165) is 0 Å². The Morgan fingerprint density at radius 2 is 1.65 bits per heavy atom. The molecular weight excluding hydrogens is 240 g/mol. The zero-order chi connectivity index (χ0) is 13.7. The number of rotatable bonds is 0. The highest BCUT2D eigenvalue weighted by atomic mass is 14.2. The molecule has 0 unspecified atom stereocenters. The normalized spacial score (nSPS) is 14.7. The summed E-state index contributed by atoms with van der Waals surface area (Å²) in [6.45, 7) is 4.56. The lowest BCUT2D eigenvalue weighted by Gasteiger charge is -2.21. The molecule has 0 nitrogen and oxygen atoms in total. The van der Waals surface area contributed by atoms with Crippen LogP contribution in [0.4, 0.5) is 0 Å². The first-order valence-corrected chi connectivity index (χ1v) is 7.69. The van der Waals surface area contributed by atoms with Crippen LogP contribution in [0.5, 0.6) is 0 Å². The van der Waals surface area contributed by atoms with Crippen LogP contribution in [0.15, 0.2) is 36.4 Å². The fraction of sp³-hybridized carbons (Fsp3) is 0.300. The van der Waals surface area contributed by atoms with E-state index in [0.29, 0.717) is 0 Å². The van der Waals surface area contributed by atoms with Gasteiger partial charge in [0.25, 0.3) is 0 Å². The third-order valence-electron chi connectivity index (χ3n) is 4.93. The van der Waals surface area contributed by atoms with Crippen molar-refractivity contribution in [2.45, 2.75) is 39.5 Å². The van der Waals surface area contributed by atoms with E-state index >= 15 is 0 Å². The molecule has 0 bridgehead atoms. The van der Waals surface area contributed by atoms with Gasteiger partial charge < -0.3 is 0 Å². The molecule has 4 rings (SSSR count). The molecule has 0 fully saturated rings. The van der Waals surface area contributed by atoms with Gasteiger partial charge in [0.05, 0.1) is 0 Å². The van der Waals surface area contributed by atoms with Gasteiger partial charge in [-0.3, -0.25) is 0 Å². The molecule has 0 saturated heterocycles. The fourth-order valence-electron chi connectivity index (χ4n) is 4.00. The molecule has 0 heteroatoms. The summed E-state index contributed by atoms with van der Waals surface area (Å²) >= 11 is 0. The van der Waals surface area contributed by atoms with Crippen molar-refractivity contribution in [2.75, 3.05) is 0 Å². The molecule has 0 N–H and O–H groups in total. The van der Waals surface area contributed by atoms with Crippen LogP contribution in [0.1, 0.15) is 35.1 Å². The molecule has 0 amide bonds. The molecule has 3 aromatic carbocycles. The third-order valence-corrected chi connectivity index (χ3v) is 4.93. The number of benzene rings is 3. The fourth-order valence-corrected chi connectivity index (χ4v) is 4.00. The van der Waals surface area contributed by atoms with Gasteiger partial charge in [0, 0.05) is 0 Å². The Labute approximate surface area is 120 Å². The summed E-state index contributed by atoms with van der Waals surface area (Å²) in [6.07, 6.45) is 5.21. The maximum absolute atomic E-state index is 2.44. The minimum Gasteiger partial charge on any atom is -0.0616 e. The SMILES string of the molecule is Cc1cc2c(c3cc4ccccc4c(C)c13)CCCC2. The average Bonchev–Trinajstić information content (AvgIpc) is 2.47. The van der Waals surface area contributed by atoms with Gasteiger partial charge in [0.15, 0.2) is 0 Å². The first-order chi connectivity index (χ1) is 9.75. The van der Waals surface area contributed by atoms with Crippen molar-refractivity contribution in [3.8, 4) is 0 Å². The Bertz CT molecular complexity index is 824. The Morgan fingerprint density at radius 1 is 0.850 bits per heavy atom. The average molecular weight is 260 g/mol. The molecule has 0 radical (unpaired) electrons. The topological polar surface area (TPSA) is 0 Å². The van der Waals surface area contributed by atoms with Gasteiger partial charge in [-0.1, -0.05) is 30.3 Å². The number of fused-ring (bicyclic) bond motifs is 4. The van der Waals surface area contributed by atoms with Crippen molar-refractivity contribution in [2.24, 2.45) is 0 Å². The Balaban J connectivity index is 2.22. The second-order valence-corrected chi connectivity index (χ2v) is 6.18. The predicted molar refractivity (Wildman–Crippen MR) is 87.6 cm³/mol. The highest BCUT2D eigenvalue weighted by molar-refractivity contribution is 6.05. The summed E-state index contributed by atoms with van der Waals surface area (Å²) in [5.41, 5.74) is 6.11. The molecule has 1 aliphatic carbocycles. The second kappa shape index (κ2) is 4.34. The highest BCUT2D eigenvalue weighted by Crippen LogP contribution is 2.36. The molecule has 0 atom stereocenters. The second-order valence-electron chi connectivity index (χ2n) is 6.18. The van der Waals surface area contributed by atoms with Crippen LogP contribution in [0, 0.1) is 13.8 Å². The van der Waals surface area contributed by atoms with Gasteiger partial charge in [-0.15, -0.1) is 0 Å². The van der Waals surface area contributed by atoms with Crippen LogP contribution in [0.3, 0.4) is 0 Å². The van der Waals surface area contributed by atoms with E-state index < -0.39 is 0 Å². The van der Waals surface area contributed by atoms with Gasteiger partial charge in [0.1, 0.15) is 0 Å². The van der Waals surface area contributed by atoms with E-state index in [4.69, 9.17) is 0 Å². The molecule has 1 aliphatic rings. The van der Waals surface area contributed by atoms with Crippen molar-refractivity contribution >= 4 is 21.5 Å². The van der Waals surface area contributed by atoms with Gasteiger partial charge >= 0.3 is 0 Å². The molecule has 20 heavy (non-hydrogen) atoms. The number of hydrogen-bond donors (Lipinski definition) is 0. The van der Waals surface area contributed by atoms with Crippen molar-refractivity contribution in [1.29, 1.82) is 0 Å². The Kier molecular flexibility index (Phi) is 2.60. The first-order valence-electron chi connectivity index (χ1n) is 7.69. The Hall–Kier alpha value is -1.82. The van der Waals surface area contributed by atoms with Crippen molar-refractivity contribution < 1.29 is 0 Å². The van der Waals surface area contributed by atoms with Crippen LogP contribution in [0.25, 0.3) is 21.5 Å². The maximum atomic E-state index is 2.44. The molecule has 0 spiro atoms. The molecule has 0 aromatic heterocycles. The smallest absolute Gasteiger partial charge is 0.0116 e. The molecule has 0 aliphatic heterocycles. The monoisotopic (exact) mass is 260 g/mol. The van der Waals surface area contributed by atoms with Crippen LogP contribution in [-0.2, 0) is 12.8 Å². The lowest BCUT2D eigenvalue weighted by molar-refractivity contribution is 0.689. The summed E-state index contributed by atoms with van der Waals surface area (Å²) in [5.74, 6) is 0. The highest BCUT2D eigenvalue weighted by Gasteiger charge is 2.16. The van der Waals surface area contributed by atoms with E-state index in [-0.39, 0.29) is 0 Å². The predicted octanol–water partition coefficient (Wildman–Crippen LogP) is 5.49. The summed E-state index contributed by atoms with van der Waals surface area (Å²) in [6, 6.07) is 13.7. The Morgan fingerprint density at radius 3 is 2.55 bits per heavy atom. The van der Waals surface area contributed by atoms with Crippen LogP contribution in [-0.4, -0.2) is 0 Å². The summed E-state index contributed by atoms with van der Waals surface area (Å²) in [5, 5.41) is 5.79. The summed E-state index contributed by atoms with van der Waals surface area (Å²) < 4.78 is 0. The first kappa shape index (κ1) is 12.0. The van der Waals surface area contributed by atoms with Crippen molar-refractivity contribution in [3.05, 3.63) is 58.7 Å². The largest absolute Gasteiger partial charge is 0.0616 e. The van der Waals surface area contributed by atoms with Gasteiger partial charge in [-0.05, 0) is 89.4 Å². The van der Waals surface area contributed by atoms with Crippen molar-refractivity contribution in [1.82, 2.24) is 0 Å². The minimum absolute atomic E-state index is 1.25. The van der Waals surface area contributed by atoms with Gasteiger partial charge in [-0.25, -0.2) is 0 Å². The molecule has 100 valence electrons. The molecular formula is C20H20. The zero-order valence-corrected chi connectivity index (χ0v) is 12.3. The quantitative estimate of drug-likeness (QED) is 0.469. The summed E-state index contributed by atoms with van der Waals surface area (Å²) in [7, 11) is 0. The van der Waals surface area contributed by atoms with E-state index in [1.54, 1.807) is 11.1 Å². The van der Waals surface area contributed by atoms with E-state index in [1.807, 2.05) is 0 Å². The van der Waals surface area contributed by atoms with Crippen LogP contribution in [0.2, 0.25) is 0 Å². The lowest BCUT2D eigenvalue weighted by atomic mass is 9.83. The van der Waals surface area contributed by atoms with Crippen LogP contribution >= 0.6 is 0 Å². The summed E-state index contributed by atoms with van der Waals surface area (Å²) in [4.78, 5) is 0. The van der Waals surface area contributed by atoms with E-state index in [1.165, 1.54) is 58.4 Å². The number of aryl methyl sites for hydroxylation is 4.